The molecule has 2 aromatic carbocycles. The Balaban J connectivity index is 1.45. The van der Waals surface area contributed by atoms with Gasteiger partial charge in [-0.1, -0.05) is 12.1 Å². The molecule has 0 aromatic heterocycles. The summed E-state index contributed by atoms with van der Waals surface area (Å²) in [6.07, 6.45) is 4.47. The van der Waals surface area contributed by atoms with Gasteiger partial charge in [0.1, 0.15) is 0 Å². The van der Waals surface area contributed by atoms with Gasteiger partial charge in [0, 0.05) is 37.1 Å². The first kappa shape index (κ1) is 21.5. The molecule has 0 bridgehead atoms. The Bertz CT molecular complexity index is 861. The molecule has 1 heterocycles. The van der Waals surface area contributed by atoms with Gasteiger partial charge < -0.3 is 25.0 Å². The lowest BCUT2D eigenvalue weighted by Gasteiger charge is -2.28. The molecule has 3 rings (SSSR count). The molecule has 0 unspecified atom stereocenters. The summed E-state index contributed by atoms with van der Waals surface area (Å²) >= 11 is 0. The van der Waals surface area contributed by atoms with Crippen LogP contribution >= 0.6 is 0 Å². The number of hydrogen-bond acceptors (Lipinski definition) is 5. The second-order valence-electron chi connectivity index (χ2n) is 7.24. The van der Waals surface area contributed by atoms with Gasteiger partial charge in [-0.15, -0.1) is 0 Å². The van der Waals surface area contributed by atoms with Crippen LogP contribution in [0.15, 0.2) is 42.5 Å². The van der Waals surface area contributed by atoms with E-state index in [9.17, 15) is 9.59 Å². The lowest BCUT2D eigenvalue weighted by Crippen LogP contribution is -2.36. The fourth-order valence-corrected chi connectivity index (χ4v) is 3.53. The number of piperidine rings is 1. The standard InChI is InChI=1S/C23H29N3O4/c1-29-20-11-8-18(16-21(20)30-2)25-23(28)22(27)24-13-12-17-6-9-19(10-7-17)26-14-4-3-5-15-26/h6-11,16H,3-5,12-15H2,1-2H3,(H,24,27)(H,25,28). The molecular formula is C23H29N3O4. The molecule has 1 fully saturated rings. The summed E-state index contributed by atoms with van der Waals surface area (Å²) in [6.45, 7) is 2.62. The van der Waals surface area contributed by atoms with E-state index in [1.54, 1.807) is 18.2 Å². The molecule has 1 saturated heterocycles. The normalized spacial score (nSPS) is 13.5. The number of carbonyl (C=O) groups is 2. The van der Waals surface area contributed by atoms with Crippen molar-refractivity contribution in [3.63, 3.8) is 0 Å². The minimum Gasteiger partial charge on any atom is -0.493 e. The Morgan fingerprint density at radius 3 is 2.27 bits per heavy atom. The molecule has 1 aliphatic rings. The maximum absolute atomic E-state index is 12.1. The molecule has 7 heteroatoms. The third-order valence-corrected chi connectivity index (χ3v) is 5.20. The third-order valence-electron chi connectivity index (χ3n) is 5.20. The predicted octanol–water partition coefficient (Wildman–Crippen LogP) is 2.99. The summed E-state index contributed by atoms with van der Waals surface area (Å²) in [5, 5.41) is 5.23. The third kappa shape index (κ3) is 5.65. The Hall–Kier alpha value is -3.22. The predicted molar refractivity (Wildman–Crippen MR) is 117 cm³/mol. The van der Waals surface area contributed by atoms with Crippen LogP contribution in [0.1, 0.15) is 24.8 Å². The lowest BCUT2D eigenvalue weighted by atomic mass is 10.1. The number of amides is 2. The van der Waals surface area contributed by atoms with E-state index in [0.29, 0.717) is 30.2 Å². The molecule has 0 spiro atoms. The number of anilines is 2. The molecule has 30 heavy (non-hydrogen) atoms. The molecule has 1 aliphatic heterocycles. The van der Waals surface area contributed by atoms with E-state index in [-0.39, 0.29) is 0 Å². The molecule has 2 aromatic rings. The van der Waals surface area contributed by atoms with Gasteiger partial charge in [0.15, 0.2) is 11.5 Å². The van der Waals surface area contributed by atoms with Gasteiger partial charge in [-0.25, -0.2) is 0 Å². The first-order valence-corrected chi connectivity index (χ1v) is 10.3. The fourth-order valence-electron chi connectivity index (χ4n) is 3.53. The van der Waals surface area contributed by atoms with Crippen molar-refractivity contribution in [1.29, 1.82) is 0 Å². The van der Waals surface area contributed by atoms with Gasteiger partial charge in [-0.2, -0.15) is 0 Å². The smallest absolute Gasteiger partial charge is 0.313 e. The minimum absolute atomic E-state index is 0.390. The van der Waals surface area contributed by atoms with E-state index >= 15 is 0 Å². The molecule has 160 valence electrons. The van der Waals surface area contributed by atoms with E-state index in [1.807, 2.05) is 0 Å². The summed E-state index contributed by atoms with van der Waals surface area (Å²) in [4.78, 5) is 26.6. The Morgan fingerprint density at radius 1 is 0.900 bits per heavy atom. The van der Waals surface area contributed by atoms with E-state index in [4.69, 9.17) is 9.47 Å². The van der Waals surface area contributed by atoms with Crippen molar-refractivity contribution >= 4 is 23.2 Å². The highest BCUT2D eigenvalue weighted by Crippen LogP contribution is 2.29. The van der Waals surface area contributed by atoms with E-state index in [1.165, 1.54) is 39.2 Å². The van der Waals surface area contributed by atoms with Gasteiger partial charge in [-0.05, 0) is 55.5 Å². The largest absolute Gasteiger partial charge is 0.493 e. The Kier molecular flexibility index (Phi) is 7.54. The van der Waals surface area contributed by atoms with Crippen molar-refractivity contribution < 1.29 is 19.1 Å². The summed E-state index contributed by atoms with van der Waals surface area (Å²) in [5.41, 5.74) is 2.83. The lowest BCUT2D eigenvalue weighted by molar-refractivity contribution is -0.136. The average molecular weight is 412 g/mol. The molecule has 0 atom stereocenters. The number of ether oxygens (including phenoxy) is 2. The van der Waals surface area contributed by atoms with Gasteiger partial charge in [0.25, 0.3) is 0 Å². The summed E-state index contributed by atoms with van der Waals surface area (Å²) < 4.78 is 10.4. The summed E-state index contributed by atoms with van der Waals surface area (Å²) in [7, 11) is 3.04. The molecule has 0 radical (unpaired) electrons. The zero-order valence-electron chi connectivity index (χ0n) is 17.6. The highest BCUT2D eigenvalue weighted by molar-refractivity contribution is 6.39. The zero-order chi connectivity index (χ0) is 21.3. The zero-order valence-corrected chi connectivity index (χ0v) is 17.6. The van der Waals surface area contributed by atoms with Gasteiger partial charge >= 0.3 is 11.8 Å². The molecule has 2 N–H and O–H groups in total. The number of nitrogens with zero attached hydrogens (tertiary/aromatic N) is 1. The second kappa shape index (κ2) is 10.5. The second-order valence-corrected chi connectivity index (χ2v) is 7.24. The van der Waals surface area contributed by atoms with Crippen molar-refractivity contribution in [2.24, 2.45) is 0 Å². The van der Waals surface area contributed by atoms with Gasteiger partial charge in [-0.3, -0.25) is 9.59 Å². The fraction of sp³-hybridized carbons (Fsp3) is 0.391. The molecule has 0 saturated carbocycles. The van der Waals surface area contributed by atoms with Crippen LogP contribution in [0.3, 0.4) is 0 Å². The van der Waals surface area contributed by atoms with Crippen molar-refractivity contribution in [2.45, 2.75) is 25.7 Å². The minimum atomic E-state index is -0.720. The van der Waals surface area contributed by atoms with Crippen molar-refractivity contribution in [3.05, 3.63) is 48.0 Å². The van der Waals surface area contributed by atoms with Crippen LogP contribution in [0.2, 0.25) is 0 Å². The highest BCUT2D eigenvalue weighted by Gasteiger charge is 2.15. The van der Waals surface area contributed by atoms with Crippen molar-refractivity contribution in [3.8, 4) is 11.5 Å². The Labute approximate surface area is 177 Å². The number of methoxy groups -OCH3 is 2. The van der Waals surface area contributed by atoms with Crippen LogP contribution < -0.4 is 25.0 Å². The topological polar surface area (TPSA) is 79.9 Å². The van der Waals surface area contributed by atoms with Gasteiger partial charge in [0.05, 0.1) is 14.2 Å². The number of benzene rings is 2. The van der Waals surface area contributed by atoms with E-state index in [0.717, 1.165) is 18.7 Å². The Morgan fingerprint density at radius 2 is 1.60 bits per heavy atom. The average Bonchev–Trinajstić information content (AvgIpc) is 2.79. The first-order chi connectivity index (χ1) is 14.6. The SMILES string of the molecule is COc1ccc(NC(=O)C(=O)NCCc2ccc(N3CCCCC3)cc2)cc1OC. The van der Waals surface area contributed by atoms with Crippen LogP contribution in [0.5, 0.6) is 11.5 Å². The van der Waals surface area contributed by atoms with Crippen LogP contribution in [0.4, 0.5) is 11.4 Å². The molecule has 7 nitrogen and oxygen atoms in total. The number of nitrogens with one attached hydrogen (secondary N) is 2. The highest BCUT2D eigenvalue weighted by atomic mass is 16.5. The van der Waals surface area contributed by atoms with E-state index < -0.39 is 11.8 Å². The van der Waals surface area contributed by atoms with E-state index in [2.05, 4.69) is 39.8 Å². The molecular weight excluding hydrogens is 382 g/mol. The number of hydrogen-bond donors (Lipinski definition) is 2. The van der Waals surface area contributed by atoms with Crippen molar-refractivity contribution in [1.82, 2.24) is 5.32 Å². The summed E-state index contributed by atoms with van der Waals surface area (Å²) in [5.74, 6) is -0.368. The first-order valence-electron chi connectivity index (χ1n) is 10.3. The maximum Gasteiger partial charge on any atom is 0.313 e. The quantitative estimate of drug-likeness (QED) is 0.685. The van der Waals surface area contributed by atoms with Crippen LogP contribution in [0.25, 0.3) is 0 Å². The van der Waals surface area contributed by atoms with Crippen LogP contribution in [-0.2, 0) is 16.0 Å². The van der Waals surface area contributed by atoms with Crippen LogP contribution in [0, 0.1) is 0 Å². The van der Waals surface area contributed by atoms with Crippen molar-refractivity contribution in [2.75, 3.05) is 44.1 Å². The monoisotopic (exact) mass is 411 g/mol. The number of carbonyl (C=O) groups excluding carboxylic acids is 2. The number of rotatable bonds is 7. The molecule has 0 aliphatic carbocycles. The van der Waals surface area contributed by atoms with Gasteiger partial charge in [0.2, 0.25) is 0 Å². The molecule has 2 amide bonds. The maximum atomic E-state index is 12.1. The summed E-state index contributed by atoms with van der Waals surface area (Å²) in [6, 6.07) is 13.3. The van der Waals surface area contributed by atoms with Crippen LogP contribution in [-0.4, -0.2) is 45.7 Å².